The van der Waals surface area contributed by atoms with E-state index < -0.39 is 24.4 Å². The third-order valence-corrected chi connectivity index (χ3v) is 5.38. The van der Waals surface area contributed by atoms with Crippen LogP contribution in [0.15, 0.2) is 5.10 Å². The van der Waals surface area contributed by atoms with Gasteiger partial charge in [0.1, 0.15) is 0 Å². The van der Waals surface area contributed by atoms with Gasteiger partial charge in [0, 0.05) is 32.6 Å². The molecule has 2 N–H and O–H groups in total. The fourth-order valence-corrected chi connectivity index (χ4v) is 3.58. The molecule has 0 bridgehead atoms. The normalized spacial score (nSPS) is 21.8. The van der Waals surface area contributed by atoms with Crippen LogP contribution < -0.4 is 5.43 Å². The number of hydrogen-bond acceptors (Lipinski definition) is 5. The van der Waals surface area contributed by atoms with Crippen LogP contribution in [0.25, 0.3) is 0 Å². The Bertz CT molecular complexity index is 507. The summed E-state index contributed by atoms with van der Waals surface area (Å²) in [6.45, 7) is 2.01. The molecule has 5 nitrogen and oxygen atoms in total. The molecule has 11 heteroatoms. The summed E-state index contributed by atoms with van der Waals surface area (Å²) >= 11 is 0. The molecule has 2 fully saturated rings. The van der Waals surface area contributed by atoms with Crippen LogP contribution in [0, 0.1) is 0 Å². The SMILES string of the molecule is OC(CC(CNN1CCCCCC1)=NN1CCCCCC1)(C(F)(F)F)C(F)(F)F. The van der Waals surface area contributed by atoms with E-state index in [2.05, 4.69) is 10.5 Å². The van der Waals surface area contributed by atoms with E-state index >= 15 is 0 Å². The number of nitrogens with zero attached hydrogens (tertiary/aromatic N) is 3. The smallest absolute Gasteiger partial charge is 0.373 e. The average Bonchev–Trinajstić information content (AvgIpc) is 3.02. The van der Waals surface area contributed by atoms with Crippen molar-refractivity contribution in [1.82, 2.24) is 15.4 Å². The summed E-state index contributed by atoms with van der Waals surface area (Å²) in [5.74, 6) is 0. The van der Waals surface area contributed by atoms with Gasteiger partial charge in [0.05, 0.1) is 12.3 Å². The number of hydrogen-bond donors (Lipinski definition) is 2. The first-order chi connectivity index (χ1) is 13.5. The van der Waals surface area contributed by atoms with Crippen LogP contribution in [0.4, 0.5) is 26.3 Å². The van der Waals surface area contributed by atoms with Gasteiger partial charge in [-0.15, -0.1) is 0 Å². The number of hydrazine groups is 1. The molecule has 0 aromatic carbocycles. The lowest BCUT2D eigenvalue weighted by Crippen LogP contribution is -2.58. The third-order valence-electron chi connectivity index (χ3n) is 5.38. The third kappa shape index (κ3) is 6.99. The van der Waals surface area contributed by atoms with E-state index in [9.17, 15) is 31.4 Å². The maximum atomic E-state index is 13.2. The summed E-state index contributed by atoms with van der Waals surface area (Å²) < 4.78 is 79.1. The van der Waals surface area contributed by atoms with Crippen molar-refractivity contribution in [2.24, 2.45) is 5.10 Å². The van der Waals surface area contributed by atoms with Crippen molar-refractivity contribution < 1.29 is 31.4 Å². The Balaban J connectivity index is 2.20. The fourth-order valence-electron chi connectivity index (χ4n) is 3.58. The minimum Gasteiger partial charge on any atom is -0.373 e. The van der Waals surface area contributed by atoms with E-state index in [1.807, 2.05) is 5.01 Å². The molecule has 0 spiro atoms. The van der Waals surface area contributed by atoms with Gasteiger partial charge in [0.15, 0.2) is 0 Å². The van der Waals surface area contributed by atoms with Crippen molar-refractivity contribution in [2.75, 3.05) is 32.7 Å². The van der Waals surface area contributed by atoms with E-state index in [1.165, 1.54) is 5.01 Å². The monoisotopic (exact) mass is 432 g/mol. The van der Waals surface area contributed by atoms with Crippen LogP contribution in [-0.2, 0) is 0 Å². The van der Waals surface area contributed by atoms with Crippen LogP contribution in [0.5, 0.6) is 0 Å². The van der Waals surface area contributed by atoms with E-state index in [-0.39, 0.29) is 12.3 Å². The first-order valence-corrected chi connectivity index (χ1v) is 10.2. The molecule has 2 heterocycles. The van der Waals surface area contributed by atoms with Gasteiger partial charge in [-0.3, -0.25) is 5.01 Å². The number of halogens is 6. The number of nitrogens with one attached hydrogen (secondary N) is 1. The van der Waals surface area contributed by atoms with Crippen molar-refractivity contribution >= 4 is 5.71 Å². The first-order valence-electron chi connectivity index (χ1n) is 10.2. The van der Waals surface area contributed by atoms with Gasteiger partial charge in [-0.2, -0.15) is 31.4 Å². The van der Waals surface area contributed by atoms with Crippen LogP contribution in [-0.4, -0.2) is 71.5 Å². The van der Waals surface area contributed by atoms with Crippen LogP contribution >= 0.6 is 0 Å². The molecule has 170 valence electrons. The van der Waals surface area contributed by atoms with Crippen molar-refractivity contribution in [3.8, 4) is 0 Å². The van der Waals surface area contributed by atoms with Gasteiger partial charge in [-0.1, -0.05) is 25.7 Å². The van der Waals surface area contributed by atoms with E-state index in [1.54, 1.807) is 0 Å². The van der Waals surface area contributed by atoms with E-state index in [4.69, 9.17) is 0 Å². The first kappa shape index (κ1) is 24.2. The summed E-state index contributed by atoms with van der Waals surface area (Å²) in [5, 5.41) is 17.1. The Morgan fingerprint density at radius 2 is 1.21 bits per heavy atom. The highest BCUT2D eigenvalue weighted by Crippen LogP contribution is 2.45. The van der Waals surface area contributed by atoms with Gasteiger partial charge in [-0.25, -0.2) is 10.4 Å². The highest BCUT2D eigenvalue weighted by Gasteiger charge is 2.70. The average molecular weight is 432 g/mol. The summed E-state index contributed by atoms with van der Waals surface area (Å²) in [5.41, 5.74) is -2.26. The molecule has 2 saturated heterocycles. The number of alkyl halides is 6. The van der Waals surface area contributed by atoms with Crippen molar-refractivity contribution in [3.05, 3.63) is 0 Å². The van der Waals surface area contributed by atoms with Gasteiger partial charge >= 0.3 is 12.4 Å². The second kappa shape index (κ2) is 10.3. The number of hydrazone groups is 1. The molecule has 0 aliphatic carbocycles. The van der Waals surface area contributed by atoms with Crippen LogP contribution in [0.3, 0.4) is 0 Å². The second-order valence-electron chi connectivity index (χ2n) is 7.80. The summed E-state index contributed by atoms with van der Waals surface area (Å²) in [6, 6.07) is 0. The van der Waals surface area contributed by atoms with Crippen molar-refractivity contribution in [3.63, 3.8) is 0 Å². The molecule has 0 atom stereocenters. The van der Waals surface area contributed by atoms with E-state index in [0.29, 0.717) is 26.2 Å². The highest BCUT2D eigenvalue weighted by molar-refractivity contribution is 5.87. The zero-order chi connectivity index (χ0) is 21.5. The molecular formula is C18H30F6N4O. The minimum absolute atomic E-state index is 0.273. The lowest BCUT2D eigenvalue weighted by Gasteiger charge is -2.33. The number of rotatable bonds is 6. The Labute approximate surface area is 167 Å². The molecular weight excluding hydrogens is 402 g/mol. The van der Waals surface area contributed by atoms with Crippen LogP contribution in [0.2, 0.25) is 0 Å². The second-order valence-corrected chi connectivity index (χ2v) is 7.80. The number of aliphatic hydroxyl groups is 1. The highest BCUT2D eigenvalue weighted by atomic mass is 19.4. The molecule has 29 heavy (non-hydrogen) atoms. The maximum absolute atomic E-state index is 13.2. The molecule has 0 aromatic heterocycles. The van der Waals surface area contributed by atoms with Crippen molar-refractivity contribution in [1.29, 1.82) is 0 Å². The van der Waals surface area contributed by atoms with Gasteiger partial charge in [0.2, 0.25) is 0 Å². The van der Waals surface area contributed by atoms with Crippen LogP contribution in [0.1, 0.15) is 57.8 Å². The predicted octanol–water partition coefficient (Wildman–Crippen LogP) is 3.84. The molecule has 2 rings (SSSR count). The molecule has 2 aliphatic heterocycles. The quantitative estimate of drug-likeness (QED) is 0.495. The summed E-state index contributed by atoms with van der Waals surface area (Å²) in [4.78, 5) is 0. The van der Waals surface area contributed by atoms with Gasteiger partial charge < -0.3 is 5.11 Å². The predicted molar refractivity (Wildman–Crippen MR) is 97.2 cm³/mol. The van der Waals surface area contributed by atoms with Crippen molar-refractivity contribution in [2.45, 2.75) is 75.7 Å². The molecule has 0 radical (unpaired) electrons. The lowest BCUT2D eigenvalue weighted by molar-refractivity contribution is -0.365. The minimum atomic E-state index is -5.85. The Morgan fingerprint density at radius 3 is 1.66 bits per heavy atom. The standard InChI is InChI=1S/C18H30F6N4O/c19-17(20,21)16(29,18(22,23)24)13-15(26-28-11-7-3-4-8-12-28)14-25-27-9-5-1-2-6-10-27/h25,29H,1-14H2. The topological polar surface area (TPSA) is 51.1 Å². The molecule has 0 saturated carbocycles. The fraction of sp³-hybridized carbons (Fsp3) is 0.944. The molecule has 2 aliphatic rings. The Hall–Kier alpha value is -1.07. The van der Waals surface area contributed by atoms with Gasteiger partial charge in [-0.05, 0) is 25.7 Å². The molecule has 0 unspecified atom stereocenters. The Morgan fingerprint density at radius 1 is 0.759 bits per heavy atom. The maximum Gasteiger partial charge on any atom is 0.426 e. The van der Waals surface area contributed by atoms with E-state index in [0.717, 1.165) is 51.4 Å². The zero-order valence-corrected chi connectivity index (χ0v) is 16.5. The Kier molecular flexibility index (Phi) is 8.59. The summed E-state index contributed by atoms with van der Waals surface area (Å²) in [7, 11) is 0. The largest absolute Gasteiger partial charge is 0.426 e. The molecule has 0 amide bonds. The summed E-state index contributed by atoms with van der Waals surface area (Å²) in [6.07, 6.45) is -6.02. The van der Waals surface area contributed by atoms with Gasteiger partial charge in [0.25, 0.3) is 5.60 Å². The molecule has 0 aromatic rings. The lowest BCUT2D eigenvalue weighted by atomic mass is 9.95. The zero-order valence-electron chi connectivity index (χ0n) is 16.5.